The molecule has 0 aromatic carbocycles. The molecule has 0 aromatic rings. The number of nitrogens with zero attached hydrogens (tertiary/aromatic N) is 1. The molecule has 4 heteroatoms. The standard InChI is InChI=1S/C9H15NO2S/c1-13-9(3-2-4-9)8(12)10-5-7(11)6-10/h7,11H,2-6H2,1H3. The monoisotopic (exact) mass is 201 g/mol. The second-order valence-electron chi connectivity index (χ2n) is 3.92. The number of aliphatic hydroxyl groups excluding tert-OH is 1. The van der Waals surface area contributed by atoms with Crippen LogP contribution in [-0.4, -0.2) is 46.1 Å². The minimum Gasteiger partial charge on any atom is -0.389 e. The van der Waals surface area contributed by atoms with Crippen LogP contribution in [0.4, 0.5) is 0 Å². The van der Waals surface area contributed by atoms with E-state index in [1.807, 2.05) is 6.26 Å². The van der Waals surface area contributed by atoms with E-state index in [-0.39, 0.29) is 16.8 Å². The smallest absolute Gasteiger partial charge is 0.238 e. The van der Waals surface area contributed by atoms with Gasteiger partial charge in [0.25, 0.3) is 0 Å². The molecule has 2 rings (SSSR count). The number of aliphatic hydroxyl groups is 1. The minimum atomic E-state index is -0.275. The van der Waals surface area contributed by atoms with Crippen molar-refractivity contribution in [2.24, 2.45) is 0 Å². The molecule has 0 atom stereocenters. The molecule has 0 radical (unpaired) electrons. The molecule has 0 bridgehead atoms. The summed E-state index contributed by atoms with van der Waals surface area (Å²) in [5, 5.41) is 9.10. The molecule has 13 heavy (non-hydrogen) atoms. The van der Waals surface area contributed by atoms with E-state index in [1.165, 1.54) is 6.42 Å². The number of thioether (sulfide) groups is 1. The van der Waals surface area contributed by atoms with Crippen LogP contribution in [-0.2, 0) is 4.79 Å². The van der Waals surface area contributed by atoms with E-state index in [9.17, 15) is 4.79 Å². The summed E-state index contributed by atoms with van der Waals surface area (Å²) in [7, 11) is 0. The lowest BCUT2D eigenvalue weighted by atomic mass is 9.82. The van der Waals surface area contributed by atoms with Crippen LogP contribution in [0.3, 0.4) is 0 Å². The molecule has 1 N–H and O–H groups in total. The SMILES string of the molecule is CSC1(C(=O)N2CC(O)C2)CCC1. The summed E-state index contributed by atoms with van der Waals surface area (Å²) in [6, 6.07) is 0. The third-order valence-corrected chi connectivity index (χ3v) is 4.46. The number of carbonyl (C=O) groups is 1. The Morgan fingerprint density at radius 2 is 2.15 bits per heavy atom. The number of β-amino-alcohol motifs (C(OH)–C–C–N with tert-alkyl or cyclic N) is 1. The first-order valence-corrected chi connectivity index (χ1v) is 5.93. The molecule has 3 nitrogen and oxygen atoms in total. The van der Waals surface area contributed by atoms with Gasteiger partial charge in [-0.1, -0.05) is 0 Å². The highest BCUT2D eigenvalue weighted by atomic mass is 32.2. The zero-order valence-electron chi connectivity index (χ0n) is 7.82. The molecule has 0 spiro atoms. The molecule has 1 amide bonds. The van der Waals surface area contributed by atoms with Gasteiger partial charge < -0.3 is 10.0 Å². The Kier molecular flexibility index (Phi) is 2.28. The predicted octanol–water partition coefficient (Wildman–Crippen LogP) is 0.475. The molecule has 0 aromatic heterocycles. The lowest BCUT2D eigenvalue weighted by Gasteiger charge is -2.46. The van der Waals surface area contributed by atoms with E-state index >= 15 is 0 Å². The van der Waals surface area contributed by atoms with Crippen molar-refractivity contribution in [3.05, 3.63) is 0 Å². The van der Waals surface area contributed by atoms with Crippen molar-refractivity contribution in [1.82, 2.24) is 4.90 Å². The summed E-state index contributed by atoms with van der Waals surface area (Å²) in [5.41, 5.74) is 0. The van der Waals surface area contributed by atoms with Gasteiger partial charge in [-0.25, -0.2) is 0 Å². The lowest BCUT2D eigenvalue weighted by Crippen LogP contribution is -2.60. The van der Waals surface area contributed by atoms with Gasteiger partial charge in [0, 0.05) is 13.1 Å². The average molecular weight is 201 g/mol. The Hall–Kier alpha value is -0.220. The Bertz CT molecular complexity index is 216. The minimum absolute atomic E-state index is 0.125. The van der Waals surface area contributed by atoms with Crippen LogP contribution in [0.25, 0.3) is 0 Å². The van der Waals surface area contributed by atoms with Gasteiger partial charge in [-0.05, 0) is 25.5 Å². The van der Waals surface area contributed by atoms with Gasteiger partial charge in [-0.2, -0.15) is 0 Å². The molecule has 1 heterocycles. The highest BCUT2D eigenvalue weighted by Gasteiger charge is 2.47. The van der Waals surface area contributed by atoms with Gasteiger partial charge in [0.1, 0.15) is 0 Å². The molecular formula is C9H15NO2S. The van der Waals surface area contributed by atoms with Crippen molar-refractivity contribution >= 4 is 17.7 Å². The molecule has 0 unspecified atom stereocenters. The average Bonchev–Trinajstić information content (AvgIpc) is 1.97. The van der Waals surface area contributed by atoms with Crippen LogP contribution in [0, 0.1) is 0 Å². The van der Waals surface area contributed by atoms with Crippen molar-refractivity contribution < 1.29 is 9.90 Å². The third kappa shape index (κ3) is 1.36. The normalized spacial score (nSPS) is 26.5. The first-order valence-electron chi connectivity index (χ1n) is 4.70. The van der Waals surface area contributed by atoms with Crippen molar-refractivity contribution in [2.75, 3.05) is 19.3 Å². The Morgan fingerprint density at radius 1 is 1.54 bits per heavy atom. The summed E-state index contributed by atoms with van der Waals surface area (Å²) >= 11 is 1.67. The van der Waals surface area contributed by atoms with Crippen LogP contribution in [0.5, 0.6) is 0 Å². The number of likely N-dealkylation sites (tertiary alicyclic amines) is 1. The maximum Gasteiger partial charge on any atom is 0.238 e. The quantitative estimate of drug-likeness (QED) is 0.706. The summed E-state index contributed by atoms with van der Waals surface area (Å²) in [6.07, 6.45) is 4.93. The number of carbonyl (C=O) groups excluding carboxylic acids is 1. The third-order valence-electron chi connectivity index (χ3n) is 3.09. The number of hydrogen-bond acceptors (Lipinski definition) is 3. The van der Waals surface area contributed by atoms with Crippen molar-refractivity contribution in [2.45, 2.75) is 30.1 Å². The maximum absolute atomic E-state index is 11.9. The topological polar surface area (TPSA) is 40.5 Å². The van der Waals surface area contributed by atoms with E-state index in [2.05, 4.69) is 0 Å². The maximum atomic E-state index is 11.9. The summed E-state index contributed by atoms with van der Waals surface area (Å²) in [4.78, 5) is 13.7. The highest BCUT2D eigenvalue weighted by Crippen LogP contribution is 2.44. The molecule has 1 saturated carbocycles. The molecular weight excluding hydrogens is 186 g/mol. The molecule has 2 aliphatic rings. The van der Waals surface area contributed by atoms with Gasteiger partial charge in [0.15, 0.2) is 0 Å². The zero-order valence-corrected chi connectivity index (χ0v) is 8.64. The van der Waals surface area contributed by atoms with Crippen LogP contribution in [0.1, 0.15) is 19.3 Å². The molecule has 1 aliphatic carbocycles. The second kappa shape index (κ2) is 3.17. The van der Waals surface area contributed by atoms with Crippen LogP contribution in [0.2, 0.25) is 0 Å². The van der Waals surface area contributed by atoms with Gasteiger partial charge in [0.2, 0.25) is 5.91 Å². The van der Waals surface area contributed by atoms with Crippen molar-refractivity contribution in [3.63, 3.8) is 0 Å². The Balaban J connectivity index is 1.96. The fraction of sp³-hybridized carbons (Fsp3) is 0.889. The fourth-order valence-corrected chi connectivity index (χ4v) is 2.91. The van der Waals surface area contributed by atoms with Gasteiger partial charge >= 0.3 is 0 Å². The number of rotatable bonds is 2. The predicted molar refractivity (Wildman–Crippen MR) is 52.7 cm³/mol. The first-order chi connectivity index (χ1) is 6.18. The second-order valence-corrected chi connectivity index (χ2v) is 5.11. The van der Waals surface area contributed by atoms with Gasteiger partial charge in [0.05, 0.1) is 10.9 Å². The van der Waals surface area contributed by atoms with Crippen LogP contribution in [0.15, 0.2) is 0 Å². The van der Waals surface area contributed by atoms with E-state index in [1.54, 1.807) is 16.7 Å². The Labute approximate surface area is 82.5 Å². The summed E-state index contributed by atoms with van der Waals surface area (Å²) in [5.74, 6) is 0.247. The summed E-state index contributed by atoms with van der Waals surface area (Å²) < 4.78 is -0.125. The first kappa shape index (κ1) is 9.34. The highest BCUT2D eigenvalue weighted by molar-refractivity contribution is 8.00. The van der Waals surface area contributed by atoms with Crippen molar-refractivity contribution in [1.29, 1.82) is 0 Å². The molecule has 1 saturated heterocycles. The molecule has 74 valence electrons. The van der Waals surface area contributed by atoms with Gasteiger partial charge in [-0.15, -0.1) is 11.8 Å². The number of amides is 1. The number of hydrogen-bond donors (Lipinski definition) is 1. The fourth-order valence-electron chi connectivity index (χ4n) is 1.91. The zero-order chi connectivity index (χ0) is 9.47. The van der Waals surface area contributed by atoms with Crippen molar-refractivity contribution in [3.8, 4) is 0 Å². The van der Waals surface area contributed by atoms with E-state index < -0.39 is 0 Å². The van der Waals surface area contributed by atoms with Crippen LogP contribution >= 0.6 is 11.8 Å². The largest absolute Gasteiger partial charge is 0.389 e. The lowest BCUT2D eigenvalue weighted by molar-refractivity contribution is -0.146. The van der Waals surface area contributed by atoms with Gasteiger partial charge in [-0.3, -0.25) is 4.79 Å². The van der Waals surface area contributed by atoms with E-state index in [0.29, 0.717) is 13.1 Å². The van der Waals surface area contributed by atoms with Crippen LogP contribution < -0.4 is 0 Å². The summed E-state index contributed by atoms with van der Waals surface area (Å²) in [6.45, 7) is 1.09. The van der Waals surface area contributed by atoms with E-state index in [0.717, 1.165) is 12.8 Å². The molecule has 1 aliphatic heterocycles. The van der Waals surface area contributed by atoms with E-state index in [4.69, 9.17) is 5.11 Å². The molecule has 2 fully saturated rings. The Morgan fingerprint density at radius 3 is 2.46 bits per heavy atom.